The summed E-state index contributed by atoms with van der Waals surface area (Å²) < 4.78 is 10.5. The molecule has 7 heteroatoms. The van der Waals surface area contributed by atoms with Crippen molar-refractivity contribution in [2.45, 2.75) is 0 Å². The Hall–Kier alpha value is -2.73. The summed E-state index contributed by atoms with van der Waals surface area (Å²) in [5, 5.41) is 0.531. The van der Waals surface area contributed by atoms with E-state index in [9.17, 15) is 9.59 Å². The summed E-state index contributed by atoms with van der Waals surface area (Å²) in [6.07, 6.45) is 0. The van der Waals surface area contributed by atoms with Gasteiger partial charge in [-0.15, -0.1) is 0 Å². The Bertz CT molecular complexity index is 848. The lowest BCUT2D eigenvalue weighted by molar-refractivity contribution is 0.0535. The van der Waals surface area contributed by atoms with Crippen LogP contribution in [0.25, 0.3) is 0 Å². The van der Waals surface area contributed by atoms with Gasteiger partial charge in [-0.2, -0.15) is 0 Å². The van der Waals surface area contributed by atoms with Crippen LogP contribution in [-0.4, -0.2) is 62.0 Å². The molecule has 1 aliphatic heterocycles. The summed E-state index contributed by atoms with van der Waals surface area (Å²) in [5.74, 6) is 0.922. The highest BCUT2D eigenvalue weighted by molar-refractivity contribution is 6.30. The van der Waals surface area contributed by atoms with E-state index in [1.54, 1.807) is 59.4 Å². The molecule has 6 nitrogen and oxygen atoms in total. The van der Waals surface area contributed by atoms with E-state index in [1.807, 2.05) is 0 Å². The van der Waals surface area contributed by atoms with Crippen LogP contribution in [0.3, 0.4) is 0 Å². The van der Waals surface area contributed by atoms with Gasteiger partial charge in [-0.25, -0.2) is 0 Å². The topological polar surface area (TPSA) is 59.1 Å². The standard InChI is InChI=1S/C20H21ClN2O4/c1-26-17-7-6-15(13-18(17)27-2)20(25)23-10-8-22(9-11-23)19(24)14-4-3-5-16(21)12-14/h3-7,12-13H,8-11H2,1-2H3. The molecule has 2 aromatic carbocycles. The van der Waals surface area contributed by atoms with Gasteiger partial charge >= 0.3 is 0 Å². The lowest BCUT2D eigenvalue weighted by atomic mass is 10.1. The number of halogens is 1. The number of nitrogens with zero attached hydrogens (tertiary/aromatic N) is 2. The minimum atomic E-state index is -0.0918. The highest BCUT2D eigenvalue weighted by Gasteiger charge is 2.26. The molecule has 1 aliphatic rings. The molecule has 0 radical (unpaired) electrons. The van der Waals surface area contributed by atoms with Gasteiger partial charge in [0.15, 0.2) is 11.5 Å². The average Bonchev–Trinajstić information content (AvgIpc) is 2.72. The maximum absolute atomic E-state index is 12.8. The molecular weight excluding hydrogens is 368 g/mol. The molecule has 0 bridgehead atoms. The van der Waals surface area contributed by atoms with Crippen molar-refractivity contribution in [3.05, 3.63) is 58.6 Å². The minimum Gasteiger partial charge on any atom is -0.493 e. The second kappa shape index (κ2) is 8.31. The van der Waals surface area contributed by atoms with E-state index < -0.39 is 0 Å². The van der Waals surface area contributed by atoms with Gasteiger partial charge in [0.25, 0.3) is 11.8 Å². The second-order valence-corrected chi connectivity index (χ2v) is 6.60. The first kappa shape index (κ1) is 19.0. The smallest absolute Gasteiger partial charge is 0.254 e. The summed E-state index contributed by atoms with van der Waals surface area (Å²) >= 11 is 5.96. The number of ether oxygens (including phenoxy) is 2. The zero-order valence-corrected chi connectivity index (χ0v) is 16.0. The average molecular weight is 389 g/mol. The van der Waals surface area contributed by atoms with Crippen LogP contribution in [0.5, 0.6) is 11.5 Å². The zero-order chi connectivity index (χ0) is 19.4. The number of rotatable bonds is 4. The van der Waals surface area contributed by atoms with Crippen LogP contribution >= 0.6 is 11.6 Å². The lowest BCUT2D eigenvalue weighted by Gasteiger charge is -2.35. The lowest BCUT2D eigenvalue weighted by Crippen LogP contribution is -2.50. The van der Waals surface area contributed by atoms with Crippen LogP contribution < -0.4 is 9.47 Å². The third-order valence-corrected chi connectivity index (χ3v) is 4.79. The van der Waals surface area contributed by atoms with E-state index in [1.165, 1.54) is 7.11 Å². The summed E-state index contributed by atoms with van der Waals surface area (Å²) in [6, 6.07) is 12.0. The first-order valence-electron chi connectivity index (χ1n) is 8.59. The van der Waals surface area contributed by atoms with Gasteiger partial charge in [0, 0.05) is 42.3 Å². The van der Waals surface area contributed by atoms with E-state index in [0.717, 1.165) is 0 Å². The quantitative estimate of drug-likeness (QED) is 0.808. The van der Waals surface area contributed by atoms with E-state index >= 15 is 0 Å². The summed E-state index contributed by atoms with van der Waals surface area (Å²) in [4.78, 5) is 28.8. The molecule has 142 valence electrons. The van der Waals surface area contributed by atoms with Crippen LogP contribution in [0.1, 0.15) is 20.7 Å². The molecule has 1 fully saturated rings. The van der Waals surface area contributed by atoms with Crippen molar-refractivity contribution >= 4 is 23.4 Å². The van der Waals surface area contributed by atoms with Crippen molar-refractivity contribution in [2.24, 2.45) is 0 Å². The fraction of sp³-hybridized carbons (Fsp3) is 0.300. The third kappa shape index (κ3) is 4.17. The van der Waals surface area contributed by atoms with Gasteiger partial charge in [-0.3, -0.25) is 9.59 Å². The van der Waals surface area contributed by atoms with E-state index in [4.69, 9.17) is 21.1 Å². The van der Waals surface area contributed by atoms with Gasteiger partial charge in [0.1, 0.15) is 0 Å². The van der Waals surface area contributed by atoms with E-state index in [-0.39, 0.29) is 11.8 Å². The number of benzene rings is 2. The number of carbonyl (C=O) groups excluding carboxylic acids is 2. The second-order valence-electron chi connectivity index (χ2n) is 6.16. The Morgan fingerprint density at radius 2 is 1.37 bits per heavy atom. The Balaban J connectivity index is 1.65. The SMILES string of the molecule is COc1ccc(C(=O)N2CCN(C(=O)c3cccc(Cl)c3)CC2)cc1OC. The molecule has 1 saturated heterocycles. The number of hydrogen-bond acceptors (Lipinski definition) is 4. The van der Waals surface area contributed by atoms with Crippen molar-refractivity contribution in [3.63, 3.8) is 0 Å². The van der Waals surface area contributed by atoms with Crippen molar-refractivity contribution in [3.8, 4) is 11.5 Å². The van der Waals surface area contributed by atoms with Gasteiger partial charge in [0.05, 0.1) is 14.2 Å². The van der Waals surface area contributed by atoms with Crippen LogP contribution in [0, 0.1) is 0 Å². The Kier molecular flexibility index (Phi) is 5.86. The normalized spacial score (nSPS) is 14.0. The number of carbonyl (C=O) groups is 2. The maximum Gasteiger partial charge on any atom is 0.254 e. The predicted octanol–water partition coefficient (Wildman–Crippen LogP) is 2.96. The van der Waals surface area contributed by atoms with Gasteiger partial charge in [0.2, 0.25) is 0 Å². The van der Waals surface area contributed by atoms with Crippen molar-refractivity contribution in [1.29, 1.82) is 0 Å². The van der Waals surface area contributed by atoms with Crippen molar-refractivity contribution in [1.82, 2.24) is 9.80 Å². The zero-order valence-electron chi connectivity index (χ0n) is 15.3. The maximum atomic E-state index is 12.8. The fourth-order valence-corrected chi connectivity index (χ4v) is 3.26. The Morgan fingerprint density at radius 1 is 0.815 bits per heavy atom. The molecule has 0 atom stereocenters. The molecule has 0 aliphatic carbocycles. The molecule has 0 N–H and O–H groups in total. The number of methoxy groups -OCH3 is 2. The van der Waals surface area contributed by atoms with E-state index in [2.05, 4.69) is 0 Å². The van der Waals surface area contributed by atoms with Gasteiger partial charge in [-0.1, -0.05) is 17.7 Å². The molecular formula is C20H21ClN2O4. The van der Waals surface area contributed by atoms with Crippen molar-refractivity contribution in [2.75, 3.05) is 40.4 Å². The minimum absolute atomic E-state index is 0.0734. The number of amides is 2. The predicted molar refractivity (Wildman–Crippen MR) is 103 cm³/mol. The third-order valence-electron chi connectivity index (χ3n) is 4.56. The Labute approximate surface area is 163 Å². The van der Waals surface area contributed by atoms with Crippen LogP contribution in [-0.2, 0) is 0 Å². The summed E-state index contributed by atoms with van der Waals surface area (Å²) in [7, 11) is 3.09. The molecule has 0 saturated carbocycles. The molecule has 2 amide bonds. The molecule has 0 aromatic heterocycles. The molecule has 27 heavy (non-hydrogen) atoms. The Morgan fingerprint density at radius 3 is 1.89 bits per heavy atom. The van der Waals surface area contributed by atoms with Crippen LogP contribution in [0.2, 0.25) is 5.02 Å². The van der Waals surface area contributed by atoms with E-state index in [0.29, 0.717) is 53.8 Å². The molecule has 1 heterocycles. The van der Waals surface area contributed by atoms with Crippen LogP contribution in [0.4, 0.5) is 0 Å². The monoisotopic (exact) mass is 388 g/mol. The van der Waals surface area contributed by atoms with Gasteiger partial charge in [-0.05, 0) is 36.4 Å². The largest absolute Gasteiger partial charge is 0.493 e. The van der Waals surface area contributed by atoms with Crippen molar-refractivity contribution < 1.29 is 19.1 Å². The summed E-state index contributed by atoms with van der Waals surface area (Å²) in [5.41, 5.74) is 1.09. The highest BCUT2D eigenvalue weighted by atomic mass is 35.5. The molecule has 0 spiro atoms. The van der Waals surface area contributed by atoms with Crippen LogP contribution in [0.15, 0.2) is 42.5 Å². The summed E-state index contributed by atoms with van der Waals surface area (Å²) in [6.45, 7) is 1.90. The first-order chi connectivity index (χ1) is 13.0. The highest BCUT2D eigenvalue weighted by Crippen LogP contribution is 2.28. The molecule has 2 aromatic rings. The molecule has 0 unspecified atom stereocenters. The number of hydrogen-bond donors (Lipinski definition) is 0. The van der Waals surface area contributed by atoms with Gasteiger partial charge < -0.3 is 19.3 Å². The number of piperazine rings is 1. The molecule has 3 rings (SSSR count). The first-order valence-corrected chi connectivity index (χ1v) is 8.97. The fourth-order valence-electron chi connectivity index (χ4n) is 3.07.